The Kier molecular flexibility index (Phi) is 4.09. The molecule has 4 aromatic rings. The van der Waals surface area contributed by atoms with Crippen molar-refractivity contribution in [1.82, 2.24) is 9.97 Å². The maximum Gasteiger partial charge on any atom is 0.0747 e. The zero-order valence-electron chi connectivity index (χ0n) is 14.1. The molecule has 0 atom stereocenters. The number of rotatable bonds is 3. The third-order valence-corrected chi connectivity index (χ3v) is 4.29. The fourth-order valence-corrected chi connectivity index (χ4v) is 2.98. The van der Waals surface area contributed by atoms with E-state index in [1.54, 1.807) is 0 Å². The molecule has 0 saturated heterocycles. The first-order valence-electron chi connectivity index (χ1n) is 8.35. The van der Waals surface area contributed by atoms with Crippen molar-refractivity contribution >= 4 is 0 Å². The van der Waals surface area contributed by atoms with Crippen molar-refractivity contribution in [1.29, 1.82) is 0 Å². The van der Waals surface area contributed by atoms with Crippen molar-refractivity contribution in [3.05, 3.63) is 96.8 Å². The monoisotopic (exact) mass is 322 g/mol. The van der Waals surface area contributed by atoms with Gasteiger partial charge in [0.05, 0.1) is 11.4 Å². The Balaban J connectivity index is 1.66. The van der Waals surface area contributed by atoms with Gasteiger partial charge in [0.1, 0.15) is 0 Å². The predicted molar refractivity (Wildman–Crippen MR) is 103 cm³/mol. The minimum absolute atomic E-state index is 0.975. The molecule has 0 aliphatic heterocycles. The summed E-state index contributed by atoms with van der Waals surface area (Å²) in [6.07, 6.45) is 3.84. The quantitative estimate of drug-likeness (QED) is 0.477. The number of aromatic nitrogens is 2. The van der Waals surface area contributed by atoms with E-state index in [-0.39, 0.29) is 0 Å². The van der Waals surface area contributed by atoms with Crippen LogP contribution in [0.4, 0.5) is 0 Å². The highest BCUT2D eigenvalue weighted by atomic mass is 14.7. The van der Waals surface area contributed by atoms with Crippen LogP contribution in [-0.4, -0.2) is 9.97 Å². The lowest BCUT2D eigenvalue weighted by Crippen LogP contribution is -1.92. The lowest BCUT2D eigenvalue weighted by Gasteiger charge is -2.09. The molecular weight excluding hydrogens is 304 g/mol. The first kappa shape index (κ1) is 15.3. The molecule has 2 aromatic carbocycles. The average Bonchev–Trinajstić information content (AvgIpc) is 2.69. The third kappa shape index (κ3) is 3.20. The normalized spacial score (nSPS) is 10.6. The van der Waals surface area contributed by atoms with E-state index in [4.69, 9.17) is 0 Å². The second-order valence-corrected chi connectivity index (χ2v) is 6.05. The molecule has 0 radical (unpaired) electrons. The van der Waals surface area contributed by atoms with Crippen molar-refractivity contribution in [3.8, 4) is 33.6 Å². The summed E-state index contributed by atoms with van der Waals surface area (Å²) in [5.74, 6) is 0. The maximum absolute atomic E-state index is 4.69. The van der Waals surface area contributed by atoms with Gasteiger partial charge in [-0.05, 0) is 36.2 Å². The van der Waals surface area contributed by atoms with E-state index >= 15 is 0 Å². The van der Waals surface area contributed by atoms with E-state index in [0.29, 0.717) is 0 Å². The van der Waals surface area contributed by atoms with Crippen LogP contribution in [0.1, 0.15) is 5.56 Å². The fraction of sp³-hybridized carbons (Fsp3) is 0.0435. The van der Waals surface area contributed by atoms with Crippen LogP contribution in [0.5, 0.6) is 0 Å². The van der Waals surface area contributed by atoms with Crippen LogP contribution >= 0.6 is 0 Å². The van der Waals surface area contributed by atoms with Crippen molar-refractivity contribution in [3.63, 3.8) is 0 Å². The highest BCUT2D eigenvalue weighted by Crippen LogP contribution is 2.27. The Hall–Kier alpha value is -3.26. The molecule has 2 nitrogen and oxygen atoms in total. The molecule has 0 bridgehead atoms. The molecule has 0 amide bonds. The summed E-state index contributed by atoms with van der Waals surface area (Å²) >= 11 is 0. The Morgan fingerprint density at radius 3 is 1.80 bits per heavy atom. The summed E-state index contributed by atoms with van der Waals surface area (Å²) < 4.78 is 0. The van der Waals surface area contributed by atoms with Crippen LogP contribution in [-0.2, 0) is 0 Å². The van der Waals surface area contributed by atoms with Crippen LogP contribution in [0, 0.1) is 6.92 Å². The molecule has 0 unspecified atom stereocenters. The lowest BCUT2D eigenvalue weighted by atomic mass is 10.0. The standard InChI is InChI=1S/C23H18N2/c1-17-14-21(18-8-4-2-5-9-18)16-25-23(17)20-12-13-22(24-15-20)19-10-6-3-7-11-19/h2-16H,1H3. The topological polar surface area (TPSA) is 25.8 Å². The van der Waals surface area contributed by atoms with Crippen LogP contribution in [0.3, 0.4) is 0 Å². The number of benzene rings is 2. The summed E-state index contributed by atoms with van der Waals surface area (Å²) in [4.78, 5) is 9.29. The first-order chi connectivity index (χ1) is 12.3. The minimum Gasteiger partial charge on any atom is -0.256 e. The Labute approximate surface area is 147 Å². The summed E-state index contributed by atoms with van der Waals surface area (Å²) in [5, 5.41) is 0. The molecule has 0 aliphatic carbocycles. The molecule has 120 valence electrons. The number of aryl methyl sites for hydroxylation is 1. The zero-order valence-corrected chi connectivity index (χ0v) is 14.1. The molecule has 0 spiro atoms. The third-order valence-electron chi connectivity index (χ3n) is 4.29. The largest absolute Gasteiger partial charge is 0.256 e. The Bertz CT molecular complexity index is 975. The van der Waals surface area contributed by atoms with Gasteiger partial charge in [-0.2, -0.15) is 0 Å². The van der Waals surface area contributed by atoms with Gasteiger partial charge in [0.2, 0.25) is 0 Å². The second kappa shape index (κ2) is 6.70. The first-order valence-corrected chi connectivity index (χ1v) is 8.35. The van der Waals surface area contributed by atoms with Gasteiger partial charge in [0.25, 0.3) is 0 Å². The van der Waals surface area contributed by atoms with Gasteiger partial charge in [-0.25, -0.2) is 0 Å². The summed E-state index contributed by atoms with van der Waals surface area (Å²) in [5.41, 5.74) is 7.58. The van der Waals surface area contributed by atoms with E-state index in [1.807, 2.05) is 48.8 Å². The van der Waals surface area contributed by atoms with Gasteiger partial charge >= 0.3 is 0 Å². The summed E-state index contributed by atoms with van der Waals surface area (Å²) in [6, 6.07) is 26.9. The molecule has 4 rings (SSSR count). The second-order valence-electron chi connectivity index (χ2n) is 6.05. The van der Waals surface area contributed by atoms with Crippen LogP contribution in [0.2, 0.25) is 0 Å². The van der Waals surface area contributed by atoms with Gasteiger partial charge < -0.3 is 0 Å². The summed E-state index contributed by atoms with van der Waals surface area (Å²) in [7, 11) is 0. The van der Waals surface area contributed by atoms with Crippen molar-refractivity contribution in [2.24, 2.45) is 0 Å². The van der Waals surface area contributed by atoms with Crippen molar-refractivity contribution < 1.29 is 0 Å². The van der Waals surface area contributed by atoms with E-state index in [9.17, 15) is 0 Å². The fourth-order valence-electron chi connectivity index (χ4n) is 2.98. The lowest BCUT2D eigenvalue weighted by molar-refractivity contribution is 1.24. The van der Waals surface area contributed by atoms with Crippen LogP contribution < -0.4 is 0 Å². The molecular formula is C23H18N2. The molecule has 0 aliphatic rings. The Morgan fingerprint density at radius 2 is 1.20 bits per heavy atom. The van der Waals surface area contributed by atoms with Gasteiger partial charge in [-0.3, -0.25) is 9.97 Å². The smallest absolute Gasteiger partial charge is 0.0747 e. The number of hydrogen-bond acceptors (Lipinski definition) is 2. The molecule has 2 heteroatoms. The maximum atomic E-state index is 4.69. The number of hydrogen-bond donors (Lipinski definition) is 0. The molecule has 0 fully saturated rings. The summed E-state index contributed by atoms with van der Waals surface area (Å²) in [6.45, 7) is 2.10. The van der Waals surface area contributed by atoms with Crippen LogP contribution in [0.25, 0.3) is 33.6 Å². The average molecular weight is 322 g/mol. The van der Waals surface area contributed by atoms with Gasteiger partial charge in [0, 0.05) is 29.1 Å². The molecule has 25 heavy (non-hydrogen) atoms. The van der Waals surface area contributed by atoms with E-state index in [2.05, 4.69) is 59.4 Å². The molecule has 0 saturated carbocycles. The highest BCUT2D eigenvalue weighted by molar-refractivity contribution is 5.70. The number of nitrogens with zero attached hydrogens (tertiary/aromatic N) is 2. The Morgan fingerprint density at radius 1 is 0.560 bits per heavy atom. The van der Waals surface area contributed by atoms with E-state index < -0.39 is 0 Å². The molecule has 0 N–H and O–H groups in total. The van der Waals surface area contributed by atoms with Crippen LogP contribution in [0.15, 0.2) is 91.3 Å². The SMILES string of the molecule is Cc1cc(-c2ccccc2)cnc1-c1ccc(-c2ccccc2)nc1. The molecule has 2 aromatic heterocycles. The molecule has 2 heterocycles. The van der Waals surface area contributed by atoms with Gasteiger partial charge in [0.15, 0.2) is 0 Å². The predicted octanol–water partition coefficient (Wildman–Crippen LogP) is 5.79. The van der Waals surface area contributed by atoms with E-state index in [1.165, 1.54) is 5.56 Å². The minimum atomic E-state index is 0.975. The zero-order chi connectivity index (χ0) is 17.1. The van der Waals surface area contributed by atoms with Crippen molar-refractivity contribution in [2.45, 2.75) is 6.92 Å². The van der Waals surface area contributed by atoms with E-state index in [0.717, 1.165) is 33.6 Å². The highest BCUT2D eigenvalue weighted by Gasteiger charge is 2.07. The number of pyridine rings is 2. The van der Waals surface area contributed by atoms with Gasteiger partial charge in [-0.1, -0.05) is 60.7 Å². The van der Waals surface area contributed by atoms with Crippen molar-refractivity contribution in [2.75, 3.05) is 0 Å². The van der Waals surface area contributed by atoms with Gasteiger partial charge in [-0.15, -0.1) is 0 Å².